The summed E-state index contributed by atoms with van der Waals surface area (Å²) < 4.78 is 37.9. The Hall–Kier alpha value is -2.38. The molecule has 106 valence electrons. The number of hydrogen-bond donors (Lipinski definition) is 2. The number of benzene rings is 1. The molecule has 8 heteroatoms. The molecule has 2 aromatic rings. The smallest absolute Gasteiger partial charge is 0.368 e. The van der Waals surface area contributed by atoms with Crippen LogP contribution in [-0.2, 0) is 6.18 Å². The van der Waals surface area contributed by atoms with Gasteiger partial charge in [-0.1, -0.05) is 12.1 Å². The largest absolute Gasteiger partial charge is 0.416 e. The maximum absolute atomic E-state index is 12.6. The highest BCUT2D eigenvalue weighted by atomic mass is 19.4. The summed E-state index contributed by atoms with van der Waals surface area (Å²) in [7, 11) is 0. The van der Waals surface area contributed by atoms with Crippen molar-refractivity contribution in [1.82, 2.24) is 15.0 Å². The molecule has 0 aliphatic carbocycles. The fourth-order valence-electron chi connectivity index (χ4n) is 1.64. The van der Waals surface area contributed by atoms with Crippen molar-refractivity contribution in [1.29, 1.82) is 0 Å². The molecular formula is C12H12F3N5. The number of nitrogens with one attached hydrogen (secondary N) is 1. The van der Waals surface area contributed by atoms with Crippen LogP contribution in [0.25, 0.3) is 0 Å². The molecule has 0 aliphatic heterocycles. The molecule has 0 bridgehead atoms. The van der Waals surface area contributed by atoms with E-state index in [1.165, 1.54) is 12.4 Å². The van der Waals surface area contributed by atoms with E-state index in [-0.39, 0.29) is 11.9 Å². The van der Waals surface area contributed by atoms with Gasteiger partial charge in [-0.15, -0.1) is 0 Å². The maximum atomic E-state index is 12.6. The number of halogens is 3. The Labute approximate surface area is 113 Å². The third-order valence-corrected chi connectivity index (χ3v) is 2.65. The van der Waals surface area contributed by atoms with E-state index in [2.05, 4.69) is 20.3 Å². The van der Waals surface area contributed by atoms with Crippen LogP contribution in [0, 0.1) is 0 Å². The molecule has 0 radical (unpaired) electrons. The molecule has 20 heavy (non-hydrogen) atoms. The molecule has 1 atom stereocenters. The Bertz CT molecular complexity index is 600. The van der Waals surface area contributed by atoms with Gasteiger partial charge in [0.2, 0.25) is 11.9 Å². The summed E-state index contributed by atoms with van der Waals surface area (Å²) in [4.78, 5) is 11.3. The monoisotopic (exact) mass is 283 g/mol. The lowest BCUT2D eigenvalue weighted by Crippen LogP contribution is -2.12. The third kappa shape index (κ3) is 3.34. The first kappa shape index (κ1) is 14.0. The van der Waals surface area contributed by atoms with Crippen molar-refractivity contribution in [2.45, 2.75) is 19.1 Å². The van der Waals surface area contributed by atoms with E-state index in [0.717, 1.165) is 12.1 Å². The molecule has 0 amide bonds. The summed E-state index contributed by atoms with van der Waals surface area (Å²) in [6.07, 6.45) is -3.14. The summed E-state index contributed by atoms with van der Waals surface area (Å²) in [5.74, 6) is 0.251. The van der Waals surface area contributed by atoms with Crippen molar-refractivity contribution in [3.8, 4) is 0 Å². The zero-order valence-electron chi connectivity index (χ0n) is 10.5. The summed E-state index contributed by atoms with van der Waals surface area (Å²) in [5, 5.41) is 2.87. The van der Waals surface area contributed by atoms with Gasteiger partial charge in [-0.25, -0.2) is 9.97 Å². The minimum Gasteiger partial charge on any atom is -0.368 e. The topological polar surface area (TPSA) is 76.7 Å². The van der Waals surface area contributed by atoms with Gasteiger partial charge in [0.15, 0.2) is 0 Å². The molecule has 5 nitrogen and oxygen atoms in total. The molecule has 0 saturated carbocycles. The van der Waals surface area contributed by atoms with Crippen molar-refractivity contribution < 1.29 is 13.2 Å². The highest BCUT2D eigenvalue weighted by Crippen LogP contribution is 2.31. The van der Waals surface area contributed by atoms with E-state index in [4.69, 9.17) is 5.73 Å². The predicted molar refractivity (Wildman–Crippen MR) is 67.7 cm³/mol. The van der Waals surface area contributed by atoms with Gasteiger partial charge in [-0.2, -0.15) is 18.2 Å². The minimum atomic E-state index is -4.37. The Balaban J connectivity index is 2.19. The zero-order chi connectivity index (χ0) is 14.8. The van der Waals surface area contributed by atoms with Crippen LogP contribution >= 0.6 is 0 Å². The first-order valence-corrected chi connectivity index (χ1v) is 5.74. The Kier molecular flexibility index (Phi) is 3.73. The Morgan fingerprint density at radius 2 is 2.00 bits per heavy atom. The summed E-state index contributed by atoms with van der Waals surface area (Å²) in [6.45, 7) is 1.70. The SMILES string of the molecule is CC(Nc1ncnc(N)n1)c1cccc(C(F)(F)F)c1. The van der Waals surface area contributed by atoms with E-state index < -0.39 is 17.8 Å². The van der Waals surface area contributed by atoms with Crippen LogP contribution in [0.1, 0.15) is 24.1 Å². The molecule has 1 unspecified atom stereocenters. The quantitative estimate of drug-likeness (QED) is 0.905. The number of nitrogen functional groups attached to an aromatic ring is 1. The van der Waals surface area contributed by atoms with Gasteiger partial charge in [-0.3, -0.25) is 0 Å². The second kappa shape index (κ2) is 5.32. The summed E-state index contributed by atoms with van der Waals surface area (Å²) >= 11 is 0. The Morgan fingerprint density at radius 3 is 2.65 bits per heavy atom. The lowest BCUT2D eigenvalue weighted by Gasteiger charge is -2.16. The number of anilines is 2. The molecule has 1 heterocycles. The average molecular weight is 283 g/mol. The van der Waals surface area contributed by atoms with E-state index in [1.807, 2.05) is 0 Å². The summed E-state index contributed by atoms with van der Waals surface area (Å²) in [5.41, 5.74) is 5.18. The van der Waals surface area contributed by atoms with E-state index in [0.29, 0.717) is 5.56 Å². The third-order valence-electron chi connectivity index (χ3n) is 2.65. The fourth-order valence-corrected chi connectivity index (χ4v) is 1.64. The van der Waals surface area contributed by atoms with Crippen LogP contribution < -0.4 is 11.1 Å². The van der Waals surface area contributed by atoms with Crippen LogP contribution in [-0.4, -0.2) is 15.0 Å². The normalized spacial score (nSPS) is 13.0. The van der Waals surface area contributed by atoms with Gasteiger partial charge >= 0.3 is 6.18 Å². The van der Waals surface area contributed by atoms with Gasteiger partial charge < -0.3 is 11.1 Å². The molecule has 0 fully saturated rings. The lowest BCUT2D eigenvalue weighted by molar-refractivity contribution is -0.137. The zero-order valence-corrected chi connectivity index (χ0v) is 10.5. The number of aromatic nitrogens is 3. The van der Waals surface area contributed by atoms with Gasteiger partial charge in [0, 0.05) is 0 Å². The molecule has 0 spiro atoms. The van der Waals surface area contributed by atoms with E-state index in [9.17, 15) is 13.2 Å². The number of alkyl halides is 3. The Morgan fingerprint density at radius 1 is 1.25 bits per heavy atom. The van der Waals surface area contributed by atoms with Crippen molar-refractivity contribution in [3.05, 3.63) is 41.7 Å². The molecular weight excluding hydrogens is 271 g/mol. The van der Waals surface area contributed by atoms with E-state index >= 15 is 0 Å². The lowest BCUT2D eigenvalue weighted by atomic mass is 10.1. The maximum Gasteiger partial charge on any atom is 0.416 e. The van der Waals surface area contributed by atoms with Crippen molar-refractivity contribution in [2.24, 2.45) is 0 Å². The van der Waals surface area contributed by atoms with Crippen LogP contribution in [0.5, 0.6) is 0 Å². The average Bonchev–Trinajstić information content (AvgIpc) is 2.38. The molecule has 3 N–H and O–H groups in total. The van der Waals surface area contributed by atoms with Gasteiger partial charge in [-0.05, 0) is 24.6 Å². The highest BCUT2D eigenvalue weighted by molar-refractivity contribution is 5.35. The van der Waals surface area contributed by atoms with Crippen LogP contribution in [0.15, 0.2) is 30.6 Å². The number of nitrogens with two attached hydrogens (primary N) is 1. The van der Waals surface area contributed by atoms with Gasteiger partial charge in [0.1, 0.15) is 6.33 Å². The second-order valence-electron chi connectivity index (χ2n) is 4.16. The molecule has 2 rings (SSSR count). The van der Waals surface area contributed by atoms with Crippen molar-refractivity contribution in [3.63, 3.8) is 0 Å². The van der Waals surface area contributed by atoms with Crippen LogP contribution in [0.4, 0.5) is 25.1 Å². The number of nitrogens with zero attached hydrogens (tertiary/aromatic N) is 3. The highest BCUT2D eigenvalue weighted by Gasteiger charge is 2.30. The molecule has 1 aromatic heterocycles. The first-order valence-electron chi connectivity index (χ1n) is 5.74. The molecule has 1 aromatic carbocycles. The first-order chi connectivity index (χ1) is 9.36. The number of hydrogen-bond acceptors (Lipinski definition) is 5. The predicted octanol–water partition coefficient (Wildman–Crippen LogP) is 2.65. The van der Waals surface area contributed by atoms with Crippen LogP contribution in [0.3, 0.4) is 0 Å². The van der Waals surface area contributed by atoms with E-state index in [1.54, 1.807) is 13.0 Å². The number of rotatable bonds is 3. The van der Waals surface area contributed by atoms with Gasteiger partial charge in [0.05, 0.1) is 11.6 Å². The van der Waals surface area contributed by atoms with Crippen molar-refractivity contribution in [2.75, 3.05) is 11.1 Å². The fraction of sp³-hybridized carbons (Fsp3) is 0.250. The molecule has 0 aliphatic rings. The summed E-state index contributed by atoms with van der Waals surface area (Å²) in [6, 6.07) is 4.66. The van der Waals surface area contributed by atoms with Crippen LogP contribution in [0.2, 0.25) is 0 Å². The molecule has 0 saturated heterocycles. The van der Waals surface area contributed by atoms with Gasteiger partial charge in [0.25, 0.3) is 0 Å². The second-order valence-corrected chi connectivity index (χ2v) is 4.16. The van der Waals surface area contributed by atoms with Crippen molar-refractivity contribution >= 4 is 11.9 Å². The minimum absolute atomic E-state index is 0.0405. The standard InChI is InChI=1S/C12H12F3N5/c1-7(19-11-18-6-17-10(16)20-11)8-3-2-4-9(5-8)12(13,14)15/h2-7H,1H3,(H3,16,17,18,19,20).